The first kappa shape index (κ1) is 10.9. The normalized spacial score (nSPS) is 10.8. The molecule has 0 unspecified atom stereocenters. The maximum Gasteiger partial charge on any atom is 0.250 e. The summed E-state index contributed by atoms with van der Waals surface area (Å²) in [5, 5.41) is 10.3. The minimum atomic E-state index is -1.36. The molecule has 0 aliphatic carbocycles. The Labute approximate surface area is 91.7 Å². The van der Waals surface area contributed by atoms with Gasteiger partial charge in [-0.2, -0.15) is 4.39 Å². The molecule has 0 amide bonds. The molecule has 0 aromatic carbocycles. The molecule has 2 aromatic heterocycles. The Balaban J connectivity index is 2.35. The molecule has 0 fully saturated rings. The highest BCUT2D eigenvalue weighted by molar-refractivity contribution is 7.99. The van der Waals surface area contributed by atoms with Crippen LogP contribution in [0.1, 0.15) is 0 Å². The van der Waals surface area contributed by atoms with Crippen LogP contribution in [0.3, 0.4) is 0 Å². The van der Waals surface area contributed by atoms with Crippen LogP contribution in [-0.4, -0.2) is 25.2 Å². The number of rotatable bonds is 2. The van der Waals surface area contributed by atoms with Gasteiger partial charge in [0, 0.05) is 13.1 Å². The van der Waals surface area contributed by atoms with Crippen molar-refractivity contribution in [2.45, 2.75) is 10.2 Å². The van der Waals surface area contributed by atoms with Gasteiger partial charge in [-0.3, -0.25) is 0 Å². The molecule has 2 heterocycles. The summed E-state index contributed by atoms with van der Waals surface area (Å²) in [5.74, 6) is -3.66. The van der Waals surface area contributed by atoms with E-state index in [0.29, 0.717) is 17.8 Å². The van der Waals surface area contributed by atoms with Crippen LogP contribution in [-0.2, 0) is 7.05 Å². The number of tetrazole rings is 1. The molecule has 0 atom stereocenters. The molecule has 2 aromatic rings. The Hall–Kier alpha value is -1.64. The molecule has 84 valence electrons. The van der Waals surface area contributed by atoms with Crippen LogP contribution in [0.15, 0.2) is 16.2 Å². The Morgan fingerprint density at radius 2 is 2.00 bits per heavy atom. The van der Waals surface area contributed by atoms with E-state index in [-0.39, 0.29) is 10.2 Å². The van der Waals surface area contributed by atoms with Crippen LogP contribution in [0.5, 0.6) is 0 Å². The Morgan fingerprint density at radius 3 is 2.62 bits per heavy atom. The molecule has 9 heteroatoms. The number of pyridine rings is 1. The molecule has 0 radical (unpaired) electrons. The molecule has 0 N–H and O–H groups in total. The Morgan fingerprint density at radius 1 is 1.25 bits per heavy atom. The minimum absolute atomic E-state index is 0.220. The zero-order valence-corrected chi connectivity index (χ0v) is 8.67. The van der Waals surface area contributed by atoms with Gasteiger partial charge in [0.1, 0.15) is 5.03 Å². The zero-order valence-electron chi connectivity index (χ0n) is 7.86. The standard InChI is InChI=1S/C7H4F3N5S/c1-15-7(12-13-14-15)16-6-4(9)2-3(8)5(10)11-6/h2H,1H3. The second-order valence-corrected chi connectivity index (χ2v) is 3.69. The second kappa shape index (κ2) is 4.08. The quantitative estimate of drug-likeness (QED) is 0.746. The highest BCUT2D eigenvalue weighted by Gasteiger charge is 2.15. The highest BCUT2D eigenvalue weighted by atomic mass is 32.2. The topological polar surface area (TPSA) is 56.5 Å². The molecule has 0 saturated carbocycles. The van der Waals surface area contributed by atoms with E-state index in [4.69, 9.17) is 0 Å². The lowest BCUT2D eigenvalue weighted by Crippen LogP contribution is -1.98. The monoisotopic (exact) mass is 247 g/mol. The lowest BCUT2D eigenvalue weighted by Gasteiger charge is -2.00. The summed E-state index contributed by atoms with van der Waals surface area (Å²) in [6.45, 7) is 0. The lowest BCUT2D eigenvalue weighted by molar-refractivity contribution is 0.447. The number of hydrogen-bond donors (Lipinski definition) is 0. The van der Waals surface area contributed by atoms with Crippen molar-refractivity contribution < 1.29 is 13.2 Å². The van der Waals surface area contributed by atoms with Crippen LogP contribution in [0, 0.1) is 17.6 Å². The van der Waals surface area contributed by atoms with Gasteiger partial charge in [-0.25, -0.2) is 18.4 Å². The van der Waals surface area contributed by atoms with Crippen molar-refractivity contribution in [2.75, 3.05) is 0 Å². The van der Waals surface area contributed by atoms with E-state index in [1.165, 1.54) is 11.7 Å². The third-order valence-corrected chi connectivity index (χ3v) is 2.63. The summed E-state index contributed by atoms with van der Waals surface area (Å²) >= 11 is 0.704. The van der Waals surface area contributed by atoms with Crippen LogP contribution >= 0.6 is 11.8 Å². The molecular formula is C7H4F3N5S. The van der Waals surface area contributed by atoms with Crippen molar-refractivity contribution in [3.63, 3.8) is 0 Å². The first-order valence-electron chi connectivity index (χ1n) is 3.99. The first-order valence-corrected chi connectivity index (χ1v) is 4.81. The van der Waals surface area contributed by atoms with E-state index in [1.54, 1.807) is 0 Å². The third kappa shape index (κ3) is 1.98. The second-order valence-electron chi connectivity index (χ2n) is 2.74. The van der Waals surface area contributed by atoms with Gasteiger partial charge in [-0.05, 0) is 22.2 Å². The van der Waals surface area contributed by atoms with E-state index in [9.17, 15) is 13.2 Å². The Bertz CT molecular complexity index is 529. The van der Waals surface area contributed by atoms with Gasteiger partial charge in [-0.1, -0.05) is 0 Å². The fourth-order valence-corrected chi connectivity index (χ4v) is 1.60. The number of hydrogen-bond acceptors (Lipinski definition) is 5. The van der Waals surface area contributed by atoms with Crippen LogP contribution in [0.2, 0.25) is 0 Å². The summed E-state index contributed by atoms with van der Waals surface area (Å²) in [6, 6.07) is 0.425. The molecule has 0 spiro atoms. The van der Waals surface area contributed by atoms with Crippen molar-refractivity contribution in [3.05, 3.63) is 23.6 Å². The van der Waals surface area contributed by atoms with E-state index in [1.807, 2.05) is 0 Å². The maximum absolute atomic E-state index is 13.2. The summed E-state index contributed by atoms with van der Waals surface area (Å²) < 4.78 is 39.8. The SMILES string of the molecule is Cn1nnnc1Sc1nc(F)c(F)cc1F. The fraction of sp³-hybridized carbons (Fsp3) is 0.143. The molecule has 5 nitrogen and oxygen atoms in total. The van der Waals surface area contributed by atoms with Gasteiger partial charge < -0.3 is 0 Å². The van der Waals surface area contributed by atoms with E-state index < -0.39 is 17.6 Å². The molecule has 0 aliphatic rings. The molecule has 0 saturated heterocycles. The summed E-state index contributed by atoms with van der Waals surface area (Å²) in [7, 11) is 1.53. The van der Waals surface area contributed by atoms with E-state index >= 15 is 0 Å². The van der Waals surface area contributed by atoms with Crippen molar-refractivity contribution in [1.29, 1.82) is 0 Å². The molecule has 0 aliphatic heterocycles. The zero-order chi connectivity index (χ0) is 11.7. The lowest BCUT2D eigenvalue weighted by atomic mass is 10.4. The molecule has 2 rings (SSSR count). The predicted octanol–water partition coefficient (Wildman–Crippen LogP) is 1.17. The summed E-state index contributed by atoms with van der Waals surface area (Å²) in [4.78, 5) is 3.13. The summed E-state index contributed by atoms with van der Waals surface area (Å²) in [5.41, 5.74) is 0. The van der Waals surface area contributed by atoms with E-state index in [2.05, 4.69) is 20.5 Å². The molecule has 0 bridgehead atoms. The summed E-state index contributed by atoms with van der Waals surface area (Å²) in [6.07, 6.45) is 0. The van der Waals surface area contributed by atoms with E-state index in [0.717, 1.165) is 0 Å². The number of aromatic nitrogens is 5. The van der Waals surface area contributed by atoms with Crippen molar-refractivity contribution in [3.8, 4) is 0 Å². The van der Waals surface area contributed by atoms with Crippen molar-refractivity contribution >= 4 is 11.8 Å². The largest absolute Gasteiger partial charge is 0.250 e. The Kier molecular flexibility index (Phi) is 2.77. The minimum Gasteiger partial charge on any atom is -0.223 e. The van der Waals surface area contributed by atoms with Crippen molar-refractivity contribution in [1.82, 2.24) is 25.2 Å². The smallest absolute Gasteiger partial charge is 0.223 e. The average molecular weight is 247 g/mol. The van der Waals surface area contributed by atoms with Gasteiger partial charge in [-0.15, -0.1) is 5.10 Å². The number of aryl methyl sites for hydroxylation is 1. The van der Waals surface area contributed by atoms with Gasteiger partial charge >= 0.3 is 0 Å². The van der Waals surface area contributed by atoms with Gasteiger partial charge in [0.15, 0.2) is 11.6 Å². The van der Waals surface area contributed by atoms with Crippen LogP contribution in [0.25, 0.3) is 0 Å². The highest BCUT2D eigenvalue weighted by Crippen LogP contribution is 2.26. The third-order valence-electron chi connectivity index (χ3n) is 1.62. The maximum atomic E-state index is 13.2. The average Bonchev–Trinajstić information content (AvgIpc) is 2.61. The van der Waals surface area contributed by atoms with Crippen LogP contribution in [0.4, 0.5) is 13.2 Å². The molecule has 16 heavy (non-hydrogen) atoms. The fourth-order valence-electron chi connectivity index (χ4n) is 0.894. The number of halogens is 3. The van der Waals surface area contributed by atoms with Crippen molar-refractivity contribution in [2.24, 2.45) is 7.05 Å². The van der Waals surface area contributed by atoms with Gasteiger partial charge in [0.25, 0.3) is 0 Å². The van der Waals surface area contributed by atoms with Gasteiger partial charge in [0.05, 0.1) is 0 Å². The number of nitrogens with zero attached hydrogens (tertiary/aromatic N) is 5. The molecular weight excluding hydrogens is 243 g/mol. The van der Waals surface area contributed by atoms with Crippen LogP contribution < -0.4 is 0 Å². The first-order chi connectivity index (χ1) is 7.58. The predicted molar refractivity (Wildman–Crippen MR) is 47.0 cm³/mol. The van der Waals surface area contributed by atoms with Gasteiger partial charge in [0.2, 0.25) is 11.1 Å².